The molecule has 1 heterocycles. The molecule has 7 nitrogen and oxygen atoms in total. The number of amides is 1. The maximum atomic E-state index is 11.7. The Bertz CT molecular complexity index is 597. The van der Waals surface area contributed by atoms with Gasteiger partial charge in [-0.15, -0.1) is 5.10 Å². The number of hydrogen-bond donors (Lipinski definition) is 2. The van der Waals surface area contributed by atoms with Crippen LogP contribution in [0.15, 0.2) is 24.3 Å². The number of para-hydroxylation sites is 1. The van der Waals surface area contributed by atoms with E-state index in [4.69, 9.17) is 9.47 Å². The number of nitrogens with one attached hydrogen (secondary N) is 2. The number of carbonyl (C=O) groups is 1. The van der Waals surface area contributed by atoms with Crippen LogP contribution in [-0.2, 0) is 4.79 Å². The van der Waals surface area contributed by atoms with Crippen molar-refractivity contribution >= 4 is 11.9 Å². The van der Waals surface area contributed by atoms with Gasteiger partial charge >= 0.3 is 6.01 Å². The summed E-state index contributed by atoms with van der Waals surface area (Å²) in [5.41, 5.74) is 1.08. The van der Waals surface area contributed by atoms with Gasteiger partial charge in [0.25, 0.3) is 0 Å². The summed E-state index contributed by atoms with van der Waals surface area (Å²) in [6.45, 7) is 2.47. The number of methoxy groups -OCH3 is 1. The maximum absolute atomic E-state index is 11.7. The average Bonchev–Trinajstić information content (AvgIpc) is 2.93. The Labute approximate surface area is 122 Å². The monoisotopic (exact) mass is 290 g/mol. The van der Waals surface area contributed by atoms with Gasteiger partial charge in [0, 0.05) is 6.42 Å². The SMILES string of the molecule is COc1n[nH]c(NC(=O)CCCOc2ccccc2C)n1. The van der Waals surface area contributed by atoms with Gasteiger partial charge in [-0.25, -0.2) is 5.10 Å². The summed E-state index contributed by atoms with van der Waals surface area (Å²) in [6, 6.07) is 7.97. The molecule has 0 bridgehead atoms. The fourth-order valence-corrected chi connectivity index (χ4v) is 1.72. The lowest BCUT2D eigenvalue weighted by Gasteiger charge is -2.08. The van der Waals surface area contributed by atoms with Crippen LogP contribution in [0.2, 0.25) is 0 Å². The minimum absolute atomic E-state index is 0.151. The van der Waals surface area contributed by atoms with E-state index in [0.29, 0.717) is 19.4 Å². The number of aryl methyl sites for hydroxylation is 1. The summed E-state index contributed by atoms with van der Waals surface area (Å²) in [6.07, 6.45) is 0.959. The highest BCUT2D eigenvalue weighted by molar-refractivity contribution is 5.88. The van der Waals surface area contributed by atoms with Crippen LogP contribution in [0.1, 0.15) is 18.4 Å². The molecule has 0 aliphatic carbocycles. The molecule has 0 saturated heterocycles. The number of anilines is 1. The van der Waals surface area contributed by atoms with Crippen molar-refractivity contribution in [1.29, 1.82) is 0 Å². The molecule has 0 radical (unpaired) electrons. The topological polar surface area (TPSA) is 89.1 Å². The molecule has 2 N–H and O–H groups in total. The quantitative estimate of drug-likeness (QED) is 0.760. The molecule has 7 heteroatoms. The third-order valence-corrected chi connectivity index (χ3v) is 2.80. The van der Waals surface area contributed by atoms with E-state index in [1.54, 1.807) is 0 Å². The van der Waals surface area contributed by atoms with E-state index < -0.39 is 0 Å². The van der Waals surface area contributed by atoms with E-state index in [-0.39, 0.29) is 17.9 Å². The largest absolute Gasteiger partial charge is 0.493 e. The van der Waals surface area contributed by atoms with E-state index in [1.807, 2.05) is 31.2 Å². The third-order valence-electron chi connectivity index (χ3n) is 2.80. The number of benzene rings is 1. The zero-order chi connectivity index (χ0) is 15.1. The van der Waals surface area contributed by atoms with Crippen molar-refractivity contribution in [2.24, 2.45) is 0 Å². The van der Waals surface area contributed by atoms with E-state index in [2.05, 4.69) is 20.5 Å². The van der Waals surface area contributed by atoms with Crippen molar-refractivity contribution in [1.82, 2.24) is 15.2 Å². The van der Waals surface area contributed by atoms with Crippen molar-refractivity contribution < 1.29 is 14.3 Å². The van der Waals surface area contributed by atoms with Crippen LogP contribution in [0.25, 0.3) is 0 Å². The molecule has 0 saturated carbocycles. The summed E-state index contributed by atoms with van der Waals surface area (Å²) in [4.78, 5) is 15.6. The van der Waals surface area contributed by atoms with Crippen LogP contribution in [0.5, 0.6) is 11.8 Å². The van der Waals surface area contributed by atoms with Crippen LogP contribution in [0, 0.1) is 6.92 Å². The zero-order valence-electron chi connectivity index (χ0n) is 12.0. The molecule has 112 valence electrons. The van der Waals surface area contributed by atoms with Crippen molar-refractivity contribution in [2.45, 2.75) is 19.8 Å². The molecule has 2 rings (SSSR count). The van der Waals surface area contributed by atoms with E-state index in [9.17, 15) is 4.79 Å². The number of aromatic nitrogens is 3. The van der Waals surface area contributed by atoms with Gasteiger partial charge in [-0.2, -0.15) is 4.98 Å². The lowest BCUT2D eigenvalue weighted by Crippen LogP contribution is -2.13. The highest BCUT2D eigenvalue weighted by atomic mass is 16.5. The second-order valence-corrected chi connectivity index (χ2v) is 4.44. The lowest BCUT2D eigenvalue weighted by molar-refractivity contribution is -0.116. The summed E-state index contributed by atoms with van der Waals surface area (Å²) < 4.78 is 10.4. The first-order chi connectivity index (χ1) is 10.2. The fraction of sp³-hybridized carbons (Fsp3) is 0.357. The van der Waals surface area contributed by atoms with Gasteiger partial charge in [-0.1, -0.05) is 18.2 Å². The maximum Gasteiger partial charge on any atom is 0.336 e. The Balaban J connectivity index is 1.69. The predicted octanol–water partition coefficient (Wildman–Crippen LogP) is 1.92. The summed E-state index contributed by atoms with van der Waals surface area (Å²) >= 11 is 0. The Morgan fingerprint density at radius 3 is 2.90 bits per heavy atom. The summed E-state index contributed by atoms with van der Waals surface area (Å²) in [7, 11) is 1.46. The molecule has 1 aromatic heterocycles. The van der Waals surface area contributed by atoms with Crippen molar-refractivity contribution in [2.75, 3.05) is 19.0 Å². The molecule has 0 aliphatic rings. The molecule has 1 amide bonds. The first-order valence-electron chi connectivity index (χ1n) is 6.63. The highest BCUT2D eigenvalue weighted by Crippen LogP contribution is 2.16. The van der Waals surface area contributed by atoms with Gasteiger partial charge in [0.2, 0.25) is 11.9 Å². The molecule has 0 spiro atoms. The van der Waals surface area contributed by atoms with E-state index in [0.717, 1.165) is 11.3 Å². The zero-order valence-corrected chi connectivity index (χ0v) is 12.0. The molecule has 2 aromatic rings. The number of H-pyrrole nitrogens is 1. The number of rotatable bonds is 7. The van der Waals surface area contributed by atoms with Gasteiger partial charge in [0.15, 0.2) is 0 Å². The first kappa shape index (κ1) is 14.8. The van der Waals surface area contributed by atoms with Crippen LogP contribution in [0.3, 0.4) is 0 Å². The lowest BCUT2D eigenvalue weighted by atomic mass is 10.2. The predicted molar refractivity (Wildman–Crippen MR) is 77.5 cm³/mol. The molecule has 21 heavy (non-hydrogen) atoms. The standard InChI is InChI=1S/C14H18N4O3/c1-10-6-3-4-7-11(10)21-9-5-8-12(19)15-13-16-14(20-2)18-17-13/h3-4,6-7H,5,8-9H2,1-2H3,(H2,15,16,17,18,19). The van der Waals surface area contributed by atoms with E-state index >= 15 is 0 Å². The Morgan fingerprint density at radius 1 is 1.38 bits per heavy atom. The average molecular weight is 290 g/mol. The summed E-state index contributed by atoms with van der Waals surface area (Å²) in [5, 5.41) is 8.90. The van der Waals surface area contributed by atoms with Crippen LogP contribution in [0.4, 0.5) is 5.95 Å². The number of nitrogens with zero attached hydrogens (tertiary/aromatic N) is 2. The molecule has 1 aromatic carbocycles. The number of ether oxygens (including phenoxy) is 2. The minimum Gasteiger partial charge on any atom is -0.493 e. The molecule has 0 unspecified atom stereocenters. The number of carbonyl (C=O) groups excluding carboxylic acids is 1. The highest BCUT2D eigenvalue weighted by Gasteiger charge is 2.07. The van der Waals surface area contributed by atoms with Crippen LogP contribution >= 0.6 is 0 Å². The summed E-state index contributed by atoms with van der Waals surface area (Å²) in [5.74, 6) is 0.969. The second kappa shape index (κ2) is 7.28. The fourth-order valence-electron chi connectivity index (χ4n) is 1.72. The first-order valence-corrected chi connectivity index (χ1v) is 6.63. The molecule has 0 fully saturated rings. The Kier molecular flexibility index (Phi) is 5.14. The van der Waals surface area contributed by atoms with Crippen molar-refractivity contribution in [3.05, 3.63) is 29.8 Å². The van der Waals surface area contributed by atoms with Gasteiger partial charge in [-0.3, -0.25) is 10.1 Å². The van der Waals surface area contributed by atoms with Crippen molar-refractivity contribution in [3.63, 3.8) is 0 Å². The van der Waals surface area contributed by atoms with Gasteiger partial charge in [0.1, 0.15) is 5.75 Å². The van der Waals surface area contributed by atoms with Gasteiger partial charge in [0.05, 0.1) is 13.7 Å². The number of aromatic amines is 1. The van der Waals surface area contributed by atoms with Gasteiger partial charge < -0.3 is 9.47 Å². The van der Waals surface area contributed by atoms with Crippen molar-refractivity contribution in [3.8, 4) is 11.8 Å². The number of hydrogen-bond acceptors (Lipinski definition) is 5. The molecule has 0 aliphatic heterocycles. The second-order valence-electron chi connectivity index (χ2n) is 4.44. The molecular formula is C14H18N4O3. The third kappa shape index (κ3) is 4.48. The Morgan fingerprint density at radius 2 is 2.19 bits per heavy atom. The molecular weight excluding hydrogens is 272 g/mol. The molecule has 0 atom stereocenters. The smallest absolute Gasteiger partial charge is 0.336 e. The van der Waals surface area contributed by atoms with Crippen LogP contribution in [-0.4, -0.2) is 34.8 Å². The normalized spacial score (nSPS) is 10.2. The van der Waals surface area contributed by atoms with Crippen LogP contribution < -0.4 is 14.8 Å². The Hall–Kier alpha value is -2.57. The van der Waals surface area contributed by atoms with E-state index in [1.165, 1.54) is 7.11 Å². The van der Waals surface area contributed by atoms with Gasteiger partial charge in [-0.05, 0) is 25.0 Å². The minimum atomic E-state index is -0.151.